The second kappa shape index (κ2) is 5.36. The highest BCUT2D eigenvalue weighted by atomic mass is 16.6. The van der Waals surface area contributed by atoms with Gasteiger partial charge in [-0.1, -0.05) is 0 Å². The Kier molecular flexibility index (Phi) is 3.80. The number of nitrogens with one attached hydrogen (secondary N) is 2. The number of amides is 1. The second-order valence-electron chi connectivity index (χ2n) is 4.99. The Bertz CT molecular complexity index is 524. The first-order chi connectivity index (χ1) is 8.97. The molecule has 1 aliphatic rings. The van der Waals surface area contributed by atoms with Gasteiger partial charge in [-0.25, -0.2) is 0 Å². The zero-order valence-electron chi connectivity index (χ0n) is 11.0. The molecule has 19 heavy (non-hydrogen) atoms. The molecule has 6 nitrogen and oxygen atoms in total. The van der Waals surface area contributed by atoms with Crippen molar-refractivity contribution in [3.8, 4) is 0 Å². The second-order valence-corrected chi connectivity index (χ2v) is 4.99. The lowest BCUT2D eigenvalue weighted by Crippen LogP contribution is -2.43. The Morgan fingerprint density at radius 2 is 2.11 bits per heavy atom. The highest BCUT2D eigenvalue weighted by molar-refractivity contribution is 5.92. The lowest BCUT2D eigenvalue weighted by atomic mass is 9.99. The average molecular weight is 263 g/mol. The van der Waals surface area contributed by atoms with Crippen molar-refractivity contribution in [2.24, 2.45) is 5.92 Å². The van der Waals surface area contributed by atoms with E-state index < -0.39 is 4.92 Å². The smallest absolute Gasteiger partial charge is 0.274 e. The fourth-order valence-corrected chi connectivity index (χ4v) is 2.13. The molecule has 0 radical (unpaired) electrons. The van der Waals surface area contributed by atoms with E-state index in [2.05, 4.69) is 10.6 Å². The van der Waals surface area contributed by atoms with Gasteiger partial charge < -0.3 is 10.6 Å². The molecule has 0 spiro atoms. The van der Waals surface area contributed by atoms with Crippen molar-refractivity contribution in [3.63, 3.8) is 0 Å². The number of aryl methyl sites for hydroxylation is 2. The zero-order chi connectivity index (χ0) is 14.0. The van der Waals surface area contributed by atoms with E-state index in [-0.39, 0.29) is 11.6 Å². The van der Waals surface area contributed by atoms with Gasteiger partial charge in [-0.15, -0.1) is 0 Å². The first-order valence-corrected chi connectivity index (χ1v) is 6.23. The van der Waals surface area contributed by atoms with Gasteiger partial charge in [-0.2, -0.15) is 0 Å². The highest BCUT2D eigenvalue weighted by Crippen LogP contribution is 2.26. The predicted molar refractivity (Wildman–Crippen MR) is 72.2 cm³/mol. The summed E-state index contributed by atoms with van der Waals surface area (Å²) >= 11 is 0. The maximum atomic E-state index is 11.8. The number of nitro benzene ring substituents is 1. The van der Waals surface area contributed by atoms with Crippen LogP contribution < -0.4 is 10.6 Å². The summed E-state index contributed by atoms with van der Waals surface area (Å²) in [7, 11) is 0. The third kappa shape index (κ3) is 3.08. The summed E-state index contributed by atoms with van der Waals surface area (Å²) in [6.45, 7) is 5.24. The van der Waals surface area contributed by atoms with Crippen molar-refractivity contribution in [1.29, 1.82) is 0 Å². The van der Waals surface area contributed by atoms with Gasteiger partial charge in [0, 0.05) is 18.1 Å². The molecule has 6 heteroatoms. The summed E-state index contributed by atoms with van der Waals surface area (Å²) in [6, 6.07) is 3.15. The van der Waals surface area contributed by atoms with E-state index in [1.165, 1.54) is 6.07 Å². The van der Waals surface area contributed by atoms with Gasteiger partial charge in [0.25, 0.3) is 5.69 Å². The molecule has 1 aromatic carbocycles. The number of nitrogens with zero attached hydrogens (tertiary/aromatic N) is 1. The molecule has 1 aromatic rings. The van der Waals surface area contributed by atoms with Gasteiger partial charge in [0.1, 0.15) is 0 Å². The molecule has 0 aromatic heterocycles. The Balaban J connectivity index is 2.12. The van der Waals surface area contributed by atoms with Crippen LogP contribution >= 0.6 is 0 Å². The number of carbonyl (C=O) groups is 1. The Morgan fingerprint density at radius 3 is 2.63 bits per heavy atom. The van der Waals surface area contributed by atoms with E-state index in [4.69, 9.17) is 0 Å². The Labute approximate surface area is 111 Å². The van der Waals surface area contributed by atoms with Crippen LogP contribution in [0.4, 0.5) is 11.4 Å². The fraction of sp³-hybridized carbons (Fsp3) is 0.462. The van der Waals surface area contributed by atoms with Gasteiger partial charge in [0.05, 0.1) is 10.6 Å². The molecule has 1 fully saturated rings. The lowest BCUT2D eigenvalue weighted by molar-refractivity contribution is -0.385. The quantitative estimate of drug-likeness (QED) is 0.640. The van der Waals surface area contributed by atoms with Crippen molar-refractivity contribution in [1.82, 2.24) is 5.32 Å². The monoisotopic (exact) mass is 263 g/mol. The van der Waals surface area contributed by atoms with E-state index >= 15 is 0 Å². The van der Waals surface area contributed by atoms with E-state index in [1.54, 1.807) is 13.0 Å². The molecule has 0 bridgehead atoms. The molecular formula is C13H17N3O3. The van der Waals surface area contributed by atoms with Crippen molar-refractivity contribution in [2.45, 2.75) is 20.3 Å². The summed E-state index contributed by atoms with van der Waals surface area (Å²) in [6.07, 6.45) is 0.452. The molecule has 1 aliphatic heterocycles. The molecule has 0 aliphatic carbocycles. The molecule has 0 atom stereocenters. The van der Waals surface area contributed by atoms with Crippen LogP contribution in [-0.2, 0) is 4.79 Å². The summed E-state index contributed by atoms with van der Waals surface area (Å²) in [5.74, 6) is 0.286. The third-order valence-corrected chi connectivity index (χ3v) is 3.35. The summed E-state index contributed by atoms with van der Waals surface area (Å²) in [5.41, 5.74) is 1.99. The van der Waals surface area contributed by atoms with Gasteiger partial charge in [0.2, 0.25) is 5.91 Å². The van der Waals surface area contributed by atoms with E-state index in [0.29, 0.717) is 23.6 Å². The molecule has 1 heterocycles. The minimum Gasteiger partial charge on any atom is -0.326 e. The van der Waals surface area contributed by atoms with Crippen molar-refractivity contribution in [2.75, 3.05) is 18.4 Å². The number of benzene rings is 1. The molecule has 1 saturated heterocycles. The Hall–Kier alpha value is -1.95. The fourth-order valence-electron chi connectivity index (χ4n) is 2.13. The van der Waals surface area contributed by atoms with Gasteiger partial charge in [0.15, 0.2) is 0 Å². The highest BCUT2D eigenvalue weighted by Gasteiger charge is 2.21. The normalized spacial score (nSPS) is 14.8. The van der Waals surface area contributed by atoms with Crippen LogP contribution in [0.15, 0.2) is 12.1 Å². The summed E-state index contributed by atoms with van der Waals surface area (Å²) in [4.78, 5) is 22.3. The van der Waals surface area contributed by atoms with E-state index in [9.17, 15) is 14.9 Å². The summed E-state index contributed by atoms with van der Waals surface area (Å²) in [5, 5.41) is 16.8. The van der Waals surface area contributed by atoms with Gasteiger partial charge in [-0.3, -0.25) is 14.9 Å². The van der Waals surface area contributed by atoms with Crippen LogP contribution in [0.2, 0.25) is 0 Å². The maximum absolute atomic E-state index is 11.8. The number of nitro groups is 1. The minimum absolute atomic E-state index is 0.0335. The molecular weight excluding hydrogens is 246 g/mol. The van der Waals surface area contributed by atoms with Crippen molar-refractivity contribution in [3.05, 3.63) is 33.4 Å². The number of rotatable bonds is 4. The van der Waals surface area contributed by atoms with E-state index in [1.807, 2.05) is 6.92 Å². The molecule has 2 N–H and O–H groups in total. The number of anilines is 1. The van der Waals surface area contributed by atoms with E-state index in [0.717, 1.165) is 18.7 Å². The summed E-state index contributed by atoms with van der Waals surface area (Å²) < 4.78 is 0. The largest absolute Gasteiger partial charge is 0.326 e. The topological polar surface area (TPSA) is 84.3 Å². The van der Waals surface area contributed by atoms with Crippen molar-refractivity contribution < 1.29 is 9.72 Å². The zero-order valence-corrected chi connectivity index (χ0v) is 11.0. The number of hydrogen-bond donors (Lipinski definition) is 2. The minimum atomic E-state index is -0.430. The molecule has 102 valence electrons. The third-order valence-electron chi connectivity index (χ3n) is 3.35. The predicted octanol–water partition coefficient (Wildman–Crippen LogP) is 1.76. The van der Waals surface area contributed by atoms with Crippen LogP contribution in [0.5, 0.6) is 0 Å². The van der Waals surface area contributed by atoms with Crippen LogP contribution in [0.1, 0.15) is 17.5 Å². The van der Waals surface area contributed by atoms with Gasteiger partial charge >= 0.3 is 0 Å². The first kappa shape index (κ1) is 13.5. The Morgan fingerprint density at radius 1 is 1.42 bits per heavy atom. The molecule has 0 unspecified atom stereocenters. The maximum Gasteiger partial charge on any atom is 0.274 e. The number of hydrogen-bond acceptors (Lipinski definition) is 4. The molecule has 2 rings (SSSR count). The average Bonchev–Trinajstić information content (AvgIpc) is 2.27. The standard InChI is InChI=1S/C13H17N3O3/c1-8-3-9(2)12(16(18)19)5-11(8)15-13(17)4-10-6-14-7-10/h3,5,10,14H,4,6-7H2,1-2H3,(H,15,17). The lowest BCUT2D eigenvalue weighted by Gasteiger charge is -2.26. The van der Waals surface area contributed by atoms with Gasteiger partial charge in [-0.05, 0) is 44.5 Å². The van der Waals surface area contributed by atoms with Crippen LogP contribution in [0.3, 0.4) is 0 Å². The van der Waals surface area contributed by atoms with Crippen LogP contribution in [0.25, 0.3) is 0 Å². The number of carbonyl (C=O) groups excluding carboxylic acids is 1. The molecule has 1 amide bonds. The molecule has 0 saturated carbocycles. The van der Waals surface area contributed by atoms with Crippen molar-refractivity contribution >= 4 is 17.3 Å². The first-order valence-electron chi connectivity index (χ1n) is 6.23. The van der Waals surface area contributed by atoms with Crippen LogP contribution in [-0.4, -0.2) is 23.9 Å². The van der Waals surface area contributed by atoms with Crippen LogP contribution in [0, 0.1) is 29.9 Å². The SMILES string of the molecule is Cc1cc(C)c([N+](=O)[O-])cc1NC(=O)CC1CNC1.